The molecule has 0 atom stereocenters. The number of halogens is 2. The summed E-state index contributed by atoms with van der Waals surface area (Å²) in [5, 5.41) is 0.487. The van der Waals surface area contributed by atoms with Crippen molar-refractivity contribution in [3.8, 4) is 5.75 Å². The zero-order valence-electron chi connectivity index (χ0n) is 9.77. The summed E-state index contributed by atoms with van der Waals surface area (Å²) in [5.74, 6) is 0.0920. The predicted octanol–water partition coefficient (Wildman–Crippen LogP) is 3.09. The van der Waals surface area contributed by atoms with Crippen LogP contribution in [0, 0.1) is 5.82 Å². The average molecular weight is 297 g/mol. The number of pyridine rings is 1. The molecule has 98 valence electrons. The van der Waals surface area contributed by atoms with Gasteiger partial charge in [0.2, 0.25) is 0 Å². The van der Waals surface area contributed by atoms with Gasteiger partial charge >= 0.3 is 0 Å². The Labute approximate surface area is 120 Å². The minimum atomic E-state index is -0.444. The highest BCUT2D eigenvalue weighted by Gasteiger charge is 2.06. The van der Waals surface area contributed by atoms with Crippen molar-refractivity contribution in [2.75, 3.05) is 0 Å². The van der Waals surface area contributed by atoms with Crippen LogP contribution in [0.25, 0.3) is 0 Å². The van der Waals surface area contributed by atoms with Crippen molar-refractivity contribution in [2.45, 2.75) is 6.61 Å². The maximum absolute atomic E-state index is 13.4. The molecule has 0 saturated carbocycles. The Kier molecular flexibility index (Phi) is 4.29. The number of ether oxygens (including phenoxy) is 1. The fraction of sp³-hybridized carbons (Fsp3) is 0.0769. The molecule has 6 heteroatoms. The molecule has 2 N–H and O–H groups in total. The quantitative estimate of drug-likeness (QED) is 0.881. The summed E-state index contributed by atoms with van der Waals surface area (Å²) in [6.45, 7) is 0.248. The summed E-state index contributed by atoms with van der Waals surface area (Å²) in [7, 11) is 0. The number of hydrogen-bond acceptors (Lipinski definition) is 3. The Balaban J connectivity index is 2.12. The van der Waals surface area contributed by atoms with Crippen LogP contribution in [0.5, 0.6) is 5.75 Å². The molecule has 0 aliphatic heterocycles. The smallest absolute Gasteiger partial charge is 0.139 e. The van der Waals surface area contributed by atoms with Crippen LogP contribution in [0.3, 0.4) is 0 Å². The second-order valence-electron chi connectivity index (χ2n) is 3.81. The molecule has 1 aromatic carbocycles. The number of rotatable bonds is 4. The van der Waals surface area contributed by atoms with Gasteiger partial charge in [-0.05, 0) is 17.7 Å². The first-order chi connectivity index (χ1) is 9.06. The molecule has 1 heterocycles. The van der Waals surface area contributed by atoms with Gasteiger partial charge in [0.15, 0.2) is 0 Å². The fourth-order valence-corrected chi connectivity index (χ4v) is 1.81. The van der Waals surface area contributed by atoms with E-state index >= 15 is 0 Å². The first-order valence-corrected chi connectivity index (χ1v) is 6.16. The first kappa shape index (κ1) is 13.7. The lowest BCUT2D eigenvalue weighted by atomic mass is 10.1. The standard InChI is InChI=1S/C13H10ClFN2OS/c14-9-4-10(6-17-5-9)18-7-8-1-2-12(15)11(3-8)13(16)19/h1-6H,7H2,(H2,16,19). The zero-order chi connectivity index (χ0) is 13.8. The molecular formula is C13H10ClFN2OS. The van der Waals surface area contributed by atoms with Gasteiger partial charge in [0.1, 0.15) is 23.2 Å². The topological polar surface area (TPSA) is 48.1 Å². The summed E-state index contributed by atoms with van der Waals surface area (Å²) < 4.78 is 18.9. The van der Waals surface area contributed by atoms with Gasteiger partial charge in [-0.1, -0.05) is 29.9 Å². The van der Waals surface area contributed by atoms with Gasteiger partial charge in [-0.25, -0.2) is 4.39 Å². The summed E-state index contributed by atoms with van der Waals surface area (Å²) in [6.07, 6.45) is 3.06. The van der Waals surface area contributed by atoms with Crippen LogP contribution in [0.15, 0.2) is 36.7 Å². The number of nitrogens with zero attached hydrogens (tertiary/aromatic N) is 1. The highest BCUT2D eigenvalue weighted by Crippen LogP contribution is 2.17. The lowest BCUT2D eigenvalue weighted by Gasteiger charge is -2.08. The van der Waals surface area contributed by atoms with Crippen molar-refractivity contribution < 1.29 is 9.13 Å². The van der Waals surface area contributed by atoms with E-state index in [4.69, 9.17) is 34.3 Å². The van der Waals surface area contributed by atoms with Crippen molar-refractivity contribution >= 4 is 28.8 Å². The molecule has 1 aromatic heterocycles. The number of hydrogen-bond donors (Lipinski definition) is 1. The third-order valence-electron chi connectivity index (χ3n) is 2.38. The van der Waals surface area contributed by atoms with E-state index in [0.717, 1.165) is 5.56 Å². The summed E-state index contributed by atoms with van der Waals surface area (Å²) in [5.41, 5.74) is 6.40. The van der Waals surface area contributed by atoms with Gasteiger partial charge in [-0.2, -0.15) is 0 Å². The van der Waals surface area contributed by atoms with Gasteiger partial charge in [-0.15, -0.1) is 0 Å². The molecule has 2 rings (SSSR count). The van der Waals surface area contributed by atoms with Crippen molar-refractivity contribution in [3.05, 3.63) is 58.6 Å². The van der Waals surface area contributed by atoms with Gasteiger partial charge < -0.3 is 10.5 Å². The molecule has 19 heavy (non-hydrogen) atoms. The highest BCUT2D eigenvalue weighted by molar-refractivity contribution is 7.80. The van der Waals surface area contributed by atoms with E-state index in [1.165, 1.54) is 12.3 Å². The molecule has 2 aromatic rings. The van der Waals surface area contributed by atoms with E-state index < -0.39 is 5.82 Å². The Morgan fingerprint density at radius 3 is 2.84 bits per heavy atom. The number of benzene rings is 1. The summed E-state index contributed by atoms with van der Waals surface area (Å²) >= 11 is 10.6. The van der Waals surface area contributed by atoms with Gasteiger partial charge in [0.25, 0.3) is 0 Å². The van der Waals surface area contributed by atoms with Crippen molar-refractivity contribution in [1.82, 2.24) is 4.98 Å². The van der Waals surface area contributed by atoms with E-state index in [9.17, 15) is 4.39 Å². The maximum Gasteiger partial charge on any atom is 0.139 e. The third kappa shape index (κ3) is 3.62. The molecule has 0 aliphatic rings. The fourth-order valence-electron chi connectivity index (χ4n) is 1.49. The van der Waals surface area contributed by atoms with E-state index in [2.05, 4.69) is 4.98 Å². The van der Waals surface area contributed by atoms with Crippen LogP contribution >= 0.6 is 23.8 Å². The molecule has 0 aliphatic carbocycles. The average Bonchev–Trinajstić information content (AvgIpc) is 2.37. The summed E-state index contributed by atoms with van der Waals surface area (Å²) in [4.78, 5) is 3.92. The highest BCUT2D eigenvalue weighted by atomic mass is 35.5. The molecule has 0 unspecified atom stereocenters. The van der Waals surface area contributed by atoms with Crippen LogP contribution in [-0.2, 0) is 6.61 Å². The lowest BCUT2D eigenvalue weighted by molar-refractivity contribution is 0.305. The molecule has 0 bridgehead atoms. The maximum atomic E-state index is 13.4. The minimum Gasteiger partial charge on any atom is -0.487 e. The molecule has 0 amide bonds. The predicted molar refractivity (Wildman–Crippen MR) is 75.9 cm³/mol. The second-order valence-corrected chi connectivity index (χ2v) is 4.68. The third-order valence-corrected chi connectivity index (χ3v) is 2.81. The SMILES string of the molecule is NC(=S)c1cc(COc2cncc(Cl)c2)ccc1F. The van der Waals surface area contributed by atoms with Crippen LogP contribution in [0.4, 0.5) is 4.39 Å². The molecule has 0 radical (unpaired) electrons. The van der Waals surface area contributed by atoms with E-state index in [1.807, 2.05) is 0 Å². The zero-order valence-corrected chi connectivity index (χ0v) is 11.3. The number of aromatic nitrogens is 1. The van der Waals surface area contributed by atoms with E-state index in [0.29, 0.717) is 10.8 Å². The van der Waals surface area contributed by atoms with E-state index in [1.54, 1.807) is 24.4 Å². The minimum absolute atomic E-state index is 0.0174. The van der Waals surface area contributed by atoms with Crippen LogP contribution in [0.1, 0.15) is 11.1 Å². The molecule has 0 saturated heterocycles. The molecule has 0 fully saturated rings. The molecule has 3 nitrogen and oxygen atoms in total. The Bertz CT molecular complexity index is 621. The number of nitrogens with two attached hydrogens (primary N) is 1. The van der Waals surface area contributed by atoms with Crippen molar-refractivity contribution in [3.63, 3.8) is 0 Å². The van der Waals surface area contributed by atoms with Crippen LogP contribution in [-0.4, -0.2) is 9.97 Å². The molecular weight excluding hydrogens is 287 g/mol. The van der Waals surface area contributed by atoms with Gasteiger partial charge in [-0.3, -0.25) is 4.98 Å². The summed E-state index contributed by atoms with van der Waals surface area (Å²) in [6, 6.07) is 6.13. The Morgan fingerprint density at radius 2 is 2.16 bits per heavy atom. The largest absolute Gasteiger partial charge is 0.487 e. The normalized spacial score (nSPS) is 10.2. The van der Waals surface area contributed by atoms with Gasteiger partial charge in [0, 0.05) is 17.8 Å². The Morgan fingerprint density at radius 1 is 1.37 bits per heavy atom. The molecule has 0 spiro atoms. The second kappa shape index (κ2) is 5.95. The lowest BCUT2D eigenvalue weighted by Crippen LogP contribution is -2.12. The Hall–Kier alpha value is -1.72. The number of thiocarbonyl (C=S) groups is 1. The van der Waals surface area contributed by atoms with Gasteiger partial charge in [0.05, 0.1) is 11.2 Å². The van der Waals surface area contributed by atoms with Crippen molar-refractivity contribution in [1.29, 1.82) is 0 Å². The first-order valence-electron chi connectivity index (χ1n) is 5.38. The monoisotopic (exact) mass is 296 g/mol. The van der Waals surface area contributed by atoms with Crippen LogP contribution < -0.4 is 10.5 Å². The van der Waals surface area contributed by atoms with E-state index in [-0.39, 0.29) is 17.2 Å². The van der Waals surface area contributed by atoms with Crippen molar-refractivity contribution in [2.24, 2.45) is 5.73 Å². The van der Waals surface area contributed by atoms with Crippen LogP contribution in [0.2, 0.25) is 5.02 Å².